The zero-order valence-electron chi connectivity index (χ0n) is 12.1. The highest BCUT2D eigenvalue weighted by atomic mass is 16.5. The summed E-state index contributed by atoms with van der Waals surface area (Å²) < 4.78 is 5.40. The van der Waals surface area contributed by atoms with E-state index in [9.17, 15) is 0 Å². The Kier molecular flexibility index (Phi) is 6.99. The highest BCUT2D eigenvalue weighted by Gasteiger charge is 2.14. The van der Waals surface area contributed by atoms with E-state index in [-0.39, 0.29) is 0 Å². The lowest BCUT2D eigenvalue weighted by molar-refractivity contribution is 0.104. The summed E-state index contributed by atoms with van der Waals surface area (Å²) >= 11 is 0. The van der Waals surface area contributed by atoms with Crippen LogP contribution in [0.2, 0.25) is 0 Å². The van der Waals surface area contributed by atoms with Gasteiger partial charge in [0, 0.05) is 13.7 Å². The first-order chi connectivity index (χ1) is 8.63. The van der Waals surface area contributed by atoms with E-state index in [0.717, 1.165) is 19.5 Å². The number of methoxy groups -OCH3 is 1. The smallest absolute Gasteiger partial charge is 0.0549 e. The molecule has 2 atom stereocenters. The first-order valence-corrected chi connectivity index (χ1v) is 6.92. The minimum atomic E-state index is 0.302. The van der Waals surface area contributed by atoms with Crippen LogP contribution in [0.1, 0.15) is 38.7 Å². The van der Waals surface area contributed by atoms with E-state index in [1.807, 2.05) is 0 Å². The van der Waals surface area contributed by atoms with Gasteiger partial charge in [0.15, 0.2) is 0 Å². The molecule has 1 aromatic rings. The second kappa shape index (κ2) is 8.28. The van der Waals surface area contributed by atoms with Crippen LogP contribution in [0.25, 0.3) is 0 Å². The zero-order chi connectivity index (χ0) is 13.4. The maximum Gasteiger partial charge on any atom is 0.0549 e. The van der Waals surface area contributed by atoms with Gasteiger partial charge in [-0.2, -0.15) is 0 Å². The first-order valence-electron chi connectivity index (χ1n) is 6.92. The summed E-state index contributed by atoms with van der Waals surface area (Å²) in [6.45, 7) is 8.71. The molecular formula is C16H27NO. The Hall–Kier alpha value is -0.860. The molecule has 0 aliphatic carbocycles. The van der Waals surface area contributed by atoms with E-state index in [1.54, 1.807) is 7.11 Å². The summed E-state index contributed by atoms with van der Waals surface area (Å²) in [4.78, 5) is 0. The predicted molar refractivity (Wildman–Crippen MR) is 78.0 cm³/mol. The van der Waals surface area contributed by atoms with Gasteiger partial charge in [-0.05, 0) is 37.3 Å². The molecule has 1 N–H and O–H groups in total. The minimum absolute atomic E-state index is 0.302. The predicted octanol–water partition coefficient (Wildman–Crippen LogP) is 3.44. The molecule has 0 aliphatic heterocycles. The molecule has 0 saturated carbocycles. The van der Waals surface area contributed by atoms with Crippen LogP contribution in [-0.2, 0) is 4.74 Å². The van der Waals surface area contributed by atoms with Crippen LogP contribution < -0.4 is 5.32 Å². The number of ether oxygens (including phenoxy) is 1. The van der Waals surface area contributed by atoms with Crippen LogP contribution >= 0.6 is 0 Å². The van der Waals surface area contributed by atoms with E-state index in [4.69, 9.17) is 4.74 Å². The molecule has 0 spiro atoms. The highest BCUT2D eigenvalue weighted by Crippen LogP contribution is 2.21. The van der Waals surface area contributed by atoms with E-state index < -0.39 is 0 Å². The first kappa shape index (κ1) is 15.2. The number of hydrogen-bond acceptors (Lipinski definition) is 2. The molecule has 0 amide bonds. The molecule has 2 heteroatoms. The van der Waals surface area contributed by atoms with Crippen molar-refractivity contribution < 1.29 is 4.74 Å². The van der Waals surface area contributed by atoms with Crippen molar-refractivity contribution in [3.8, 4) is 0 Å². The summed E-state index contributed by atoms with van der Waals surface area (Å²) in [5.41, 5.74) is 1.40. The number of rotatable bonds is 8. The van der Waals surface area contributed by atoms with Gasteiger partial charge in [-0.1, -0.05) is 44.2 Å². The Morgan fingerprint density at radius 2 is 1.72 bits per heavy atom. The van der Waals surface area contributed by atoms with Gasteiger partial charge in [0.1, 0.15) is 0 Å². The van der Waals surface area contributed by atoms with Gasteiger partial charge < -0.3 is 10.1 Å². The molecule has 102 valence electrons. The van der Waals surface area contributed by atoms with E-state index in [2.05, 4.69) is 56.4 Å². The molecular weight excluding hydrogens is 222 g/mol. The molecule has 0 bridgehead atoms. The Balaban J connectivity index is 2.58. The second-order valence-corrected chi connectivity index (χ2v) is 5.44. The molecule has 2 nitrogen and oxygen atoms in total. The maximum absolute atomic E-state index is 5.40. The van der Waals surface area contributed by atoms with E-state index >= 15 is 0 Å². The van der Waals surface area contributed by atoms with Crippen LogP contribution in [0, 0.1) is 5.92 Å². The van der Waals surface area contributed by atoms with Gasteiger partial charge in [0.2, 0.25) is 0 Å². The van der Waals surface area contributed by atoms with Gasteiger partial charge in [0.25, 0.3) is 0 Å². The fourth-order valence-corrected chi connectivity index (χ4v) is 2.11. The van der Waals surface area contributed by atoms with Gasteiger partial charge in [-0.15, -0.1) is 0 Å². The van der Waals surface area contributed by atoms with Crippen LogP contribution in [0.15, 0.2) is 30.3 Å². The third kappa shape index (κ3) is 5.65. The lowest BCUT2D eigenvalue weighted by Gasteiger charge is -2.22. The summed E-state index contributed by atoms with van der Waals surface area (Å²) in [5.74, 6) is 1.22. The molecule has 2 unspecified atom stereocenters. The largest absolute Gasteiger partial charge is 0.382 e. The van der Waals surface area contributed by atoms with Crippen LogP contribution in [0.4, 0.5) is 0 Å². The van der Waals surface area contributed by atoms with Crippen molar-refractivity contribution in [2.45, 2.75) is 39.2 Å². The van der Waals surface area contributed by atoms with Gasteiger partial charge in [-0.25, -0.2) is 0 Å². The van der Waals surface area contributed by atoms with E-state index in [1.165, 1.54) is 5.56 Å². The van der Waals surface area contributed by atoms with Crippen molar-refractivity contribution in [2.24, 2.45) is 5.92 Å². The SMILES string of the molecule is COC(C)CC(CNCC(C)C)c1ccccc1. The summed E-state index contributed by atoms with van der Waals surface area (Å²) in [5, 5.41) is 3.56. The number of benzene rings is 1. The standard InChI is InChI=1S/C16H27NO/c1-13(2)11-17-12-16(10-14(3)18-4)15-8-6-5-7-9-15/h5-9,13-14,16-17H,10-12H2,1-4H3. The van der Waals surface area contributed by atoms with Gasteiger partial charge in [-0.3, -0.25) is 0 Å². The molecule has 0 heterocycles. The minimum Gasteiger partial charge on any atom is -0.382 e. The fraction of sp³-hybridized carbons (Fsp3) is 0.625. The monoisotopic (exact) mass is 249 g/mol. The lowest BCUT2D eigenvalue weighted by Crippen LogP contribution is -2.27. The third-order valence-electron chi connectivity index (χ3n) is 3.23. The van der Waals surface area contributed by atoms with Crippen molar-refractivity contribution in [1.82, 2.24) is 5.32 Å². The van der Waals surface area contributed by atoms with E-state index in [0.29, 0.717) is 17.9 Å². The average Bonchev–Trinajstić information content (AvgIpc) is 2.38. The Labute approximate surface area is 112 Å². The zero-order valence-corrected chi connectivity index (χ0v) is 12.1. The maximum atomic E-state index is 5.40. The van der Waals surface area contributed by atoms with Gasteiger partial charge >= 0.3 is 0 Å². The lowest BCUT2D eigenvalue weighted by atomic mass is 9.93. The molecule has 0 saturated heterocycles. The normalized spacial score (nSPS) is 14.7. The molecule has 0 aromatic heterocycles. The molecule has 1 rings (SSSR count). The highest BCUT2D eigenvalue weighted by molar-refractivity contribution is 5.20. The number of nitrogens with one attached hydrogen (secondary N) is 1. The summed E-state index contributed by atoms with van der Waals surface area (Å²) in [6.07, 6.45) is 1.36. The molecule has 0 fully saturated rings. The average molecular weight is 249 g/mol. The van der Waals surface area contributed by atoms with Crippen molar-refractivity contribution in [2.75, 3.05) is 20.2 Å². The molecule has 0 aliphatic rings. The number of hydrogen-bond donors (Lipinski definition) is 1. The van der Waals surface area contributed by atoms with Crippen molar-refractivity contribution >= 4 is 0 Å². The quantitative estimate of drug-likeness (QED) is 0.762. The Bertz CT molecular complexity index is 310. The van der Waals surface area contributed by atoms with Crippen LogP contribution in [0.3, 0.4) is 0 Å². The summed E-state index contributed by atoms with van der Waals surface area (Å²) in [6, 6.07) is 10.7. The van der Waals surface area contributed by atoms with Gasteiger partial charge in [0.05, 0.1) is 6.10 Å². The van der Waals surface area contributed by atoms with Crippen molar-refractivity contribution in [3.05, 3.63) is 35.9 Å². The second-order valence-electron chi connectivity index (χ2n) is 5.44. The van der Waals surface area contributed by atoms with Crippen LogP contribution in [-0.4, -0.2) is 26.3 Å². The van der Waals surface area contributed by atoms with Crippen LogP contribution in [0.5, 0.6) is 0 Å². The Morgan fingerprint density at radius 1 is 1.06 bits per heavy atom. The fourth-order valence-electron chi connectivity index (χ4n) is 2.11. The van der Waals surface area contributed by atoms with Crippen molar-refractivity contribution in [1.29, 1.82) is 0 Å². The Morgan fingerprint density at radius 3 is 2.28 bits per heavy atom. The molecule has 0 radical (unpaired) electrons. The third-order valence-corrected chi connectivity index (χ3v) is 3.23. The molecule has 18 heavy (non-hydrogen) atoms. The summed E-state index contributed by atoms with van der Waals surface area (Å²) in [7, 11) is 1.79. The molecule has 1 aromatic carbocycles. The topological polar surface area (TPSA) is 21.3 Å². The van der Waals surface area contributed by atoms with Crippen molar-refractivity contribution in [3.63, 3.8) is 0 Å².